The van der Waals surface area contributed by atoms with Crippen LogP contribution in [-0.2, 0) is 0 Å². The summed E-state index contributed by atoms with van der Waals surface area (Å²) in [6.07, 6.45) is 2.69. The Hall–Kier alpha value is -0.120. The summed E-state index contributed by atoms with van der Waals surface area (Å²) in [6, 6.07) is 0.682. The smallest absolute Gasteiger partial charge is 0.0355 e. The largest absolute Gasteiger partial charge is 0.293 e. The van der Waals surface area contributed by atoms with Crippen molar-refractivity contribution < 1.29 is 0 Å². The lowest BCUT2D eigenvalue weighted by Crippen LogP contribution is -2.58. The fraction of sp³-hybridized carbons (Fsp3) is 1.00. The minimum absolute atomic E-state index is 0.473. The average Bonchev–Trinajstić information content (AvgIpc) is 2.68. The molecule has 1 aliphatic heterocycles. The van der Waals surface area contributed by atoms with Gasteiger partial charge in [-0.25, -0.2) is 5.01 Å². The van der Waals surface area contributed by atoms with Crippen LogP contribution in [0.2, 0.25) is 0 Å². The molecule has 1 saturated heterocycles. The van der Waals surface area contributed by atoms with Crippen LogP contribution in [0, 0.1) is 0 Å². The summed E-state index contributed by atoms with van der Waals surface area (Å²) < 4.78 is 0. The first-order valence-electron chi connectivity index (χ1n) is 4.90. The van der Waals surface area contributed by atoms with Gasteiger partial charge in [0.15, 0.2) is 0 Å². The van der Waals surface area contributed by atoms with Crippen molar-refractivity contribution in [3.8, 4) is 0 Å². The van der Waals surface area contributed by atoms with Crippen molar-refractivity contribution in [2.45, 2.75) is 38.3 Å². The van der Waals surface area contributed by atoms with Crippen molar-refractivity contribution in [3.63, 3.8) is 0 Å². The van der Waals surface area contributed by atoms with Crippen molar-refractivity contribution in [2.24, 2.45) is 5.84 Å². The van der Waals surface area contributed by atoms with Crippen LogP contribution in [0.3, 0.4) is 0 Å². The third-order valence-corrected chi connectivity index (χ3v) is 3.19. The Balaban J connectivity index is 2.05. The number of hydrazine groups is 1. The summed E-state index contributed by atoms with van der Waals surface area (Å²) >= 11 is 0. The highest BCUT2D eigenvalue weighted by atomic mass is 15.5. The Labute approximate surface area is 74.5 Å². The minimum atomic E-state index is 0.473. The highest BCUT2D eigenvalue weighted by Gasteiger charge is 2.51. The van der Waals surface area contributed by atoms with Crippen LogP contribution >= 0.6 is 0 Å². The maximum Gasteiger partial charge on any atom is 0.0355 e. The van der Waals surface area contributed by atoms with Gasteiger partial charge in [0, 0.05) is 31.2 Å². The lowest BCUT2D eigenvalue weighted by molar-refractivity contribution is 0.0363. The van der Waals surface area contributed by atoms with Crippen molar-refractivity contribution >= 4 is 0 Å². The summed E-state index contributed by atoms with van der Waals surface area (Å²) in [6.45, 7) is 7.82. The molecule has 1 aliphatic carbocycles. The molecule has 0 bridgehead atoms. The first-order valence-corrected chi connectivity index (χ1v) is 4.90. The van der Waals surface area contributed by atoms with E-state index in [-0.39, 0.29) is 0 Å². The number of hydrogen-bond donors (Lipinski definition) is 1. The zero-order chi connectivity index (χ0) is 8.77. The normalized spacial score (nSPS) is 30.0. The van der Waals surface area contributed by atoms with E-state index in [0.29, 0.717) is 11.6 Å². The second-order valence-electron chi connectivity index (χ2n) is 4.48. The standard InChI is InChI=1S/C9H19N3/c1-8(2)12-6-5-11(10)7-9(12)3-4-9/h8H,3-7,10H2,1-2H3. The summed E-state index contributed by atoms with van der Waals surface area (Å²) in [7, 11) is 0. The van der Waals surface area contributed by atoms with Gasteiger partial charge in [-0.2, -0.15) is 0 Å². The molecule has 1 spiro atoms. The maximum absolute atomic E-state index is 5.82. The molecular weight excluding hydrogens is 150 g/mol. The molecule has 0 aromatic carbocycles. The van der Waals surface area contributed by atoms with Crippen LogP contribution in [-0.4, -0.2) is 41.1 Å². The van der Waals surface area contributed by atoms with Crippen molar-refractivity contribution in [3.05, 3.63) is 0 Å². The molecule has 0 unspecified atom stereocenters. The van der Waals surface area contributed by atoms with Gasteiger partial charge >= 0.3 is 0 Å². The third-order valence-electron chi connectivity index (χ3n) is 3.19. The Bertz CT molecular complexity index is 175. The van der Waals surface area contributed by atoms with Gasteiger partial charge in [0.1, 0.15) is 0 Å². The SMILES string of the molecule is CC(C)N1CCN(N)CC12CC2. The van der Waals surface area contributed by atoms with Gasteiger partial charge in [-0.05, 0) is 26.7 Å². The van der Waals surface area contributed by atoms with E-state index in [0.717, 1.165) is 19.6 Å². The van der Waals surface area contributed by atoms with E-state index >= 15 is 0 Å². The fourth-order valence-electron chi connectivity index (χ4n) is 2.42. The molecule has 1 saturated carbocycles. The first-order chi connectivity index (χ1) is 5.64. The number of nitrogens with zero attached hydrogens (tertiary/aromatic N) is 2. The van der Waals surface area contributed by atoms with Crippen molar-refractivity contribution in [1.29, 1.82) is 0 Å². The molecule has 2 N–H and O–H groups in total. The molecule has 1 heterocycles. The average molecular weight is 169 g/mol. The number of rotatable bonds is 1. The summed E-state index contributed by atoms with van der Waals surface area (Å²) in [5.41, 5.74) is 0.473. The lowest BCUT2D eigenvalue weighted by Gasteiger charge is -2.42. The molecule has 0 aromatic heterocycles. The van der Waals surface area contributed by atoms with E-state index in [1.807, 2.05) is 5.01 Å². The maximum atomic E-state index is 5.82. The summed E-state index contributed by atoms with van der Waals surface area (Å²) in [5.74, 6) is 5.82. The van der Waals surface area contributed by atoms with Crippen molar-refractivity contribution in [1.82, 2.24) is 9.91 Å². The van der Waals surface area contributed by atoms with E-state index in [2.05, 4.69) is 18.7 Å². The van der Waals surface area contributed by atoms with E-state index in [4.69, 9.17) is 5.84 Å². The van der Waals surface area contributed by atoms with E-state index in [1.165, 1.54) is 12.8 Å². The summed E-state index contributed by atoms with van der Waals surface area (Å²) in [4.78, 5) is 2.62. The van der Waals surface area contributed by atoms with Gasteiger partial charge in [0.25, 0.3) is 0 Å². The van der Waals surface area contributed by atoms with Gasteiger partial charge in [-0.1, -0.05) is 0 Å². The lowest BCUT2D eigenvalue weighted by atomic mass is 10.1. The molecule has 2 aliphatic rings. The van der Waals surface area contributed by atoms with Gasteiger partial charge in [0.05, 0.1) is 0 Å². The Kier molecular flexibility index (Phi) is 1.90. The van der Waals surface area contributed by atoms with Gasteiger partial charge in [-0.15, -0.1) is 0 Å². The third kappa shape index (κ3) is 1.26. The molecule has 0 radical (unpaired) electrons. The van der Waals surface area contributed by atoms with Crippen molar-refractivity contribution in [2.75, 3.05) is 19.6 Å². The number of nitrogens with two attached hydrogens (primary N) is 1. The van der Waals surface area contributed by atoms with Crippen LogP contribution in [0.25, 0.3) is 0 Å². The zero-order valence-electron chi connectivity index (χ0n) is 8.08. The van der Waals surface area contributed by atoms with Gasteiger partial charge < -0.3 is 0 Å². The highest BCUT2D eigenvalue weighted by molar-refractivity contribution is 5.08. The van der Waals surface area contributed by atoms with E-state index in [1.54, 1.807) is 0 Å². The molecule has 12 heavy (non-hydrogen) atoms. The Morgan fingerprint density at radius 2 is 1.92 bits per heavy atom. The topological polar surface area (TPSA) is 32.5 Å². The first kappa shape index (κ1) is 8.48. The van der Waals surface area contributed by atoms with E-state index < -0.39 is 0 Å². The second-order valence-corrected chi connectivity index (χ2v) is 4.48. The van der Waals surface area contributed by atoms with Crippen LogP contribution in [0.4, 0.5) is 0 Å². The molecule has 2 rings (SSSR count). The van der Waals surface area contributed by atoms with Crippen LogP contribution < -0.4 is 5.84 Å². The molecule has 3 heteroatoms. The highest BCUT2D eigenvalue weighted by Crippen LogP contribution is 2.44. The zero-order valence-corrected chi connectivity index (χ0v) is 8.08. The van der Waals surface area contributed by atoms with Gasteiger partial charge in [-0.3, -0.25) is 10.7 Å². The summed E-state index contributed by atoms with van der Waals surface area (Å²) in [5, 5.41) is 1.98. The molecule has 3 nitrogen and oxygen atoms in total. The predicted molar refractivity (Wildman–Crippen MR) is 49.6 cm³/mol. The minimum Gasteiger partial charge on any atom is -0.293 e. The molecule has 2 fully saturated rings. The predicted octanol–water partition coefficient (Wildman–Crippen LogP) is 0.419. The molecule has 0 amide bonds. The number of piperazine rings is 1. The number of hydrogen-bond acceptors (Lipinski definition) is 3. The van der Waals surface area contributed by atoms with E-state index in [9.17, 15) is 0 Å². The monoisotopic (exact) mass is 169 g/mol. The molecule has 70 valence electrons. The van der Waals surface area contributed by atoms with Crippen LogP contribution in [0.1, 0.15) is 26.7 Å². The fourth-order valence-corrected chi connectivity index (χ4v) is 2.42. The molecular formula is C9H19N3. The second kappa shape index (κ2) is 2.69. The quantitative estimate of drug-likeness (QED) is 0.577. The Morgan fingerprint density at radius 1 is 1.25 bits per heavy atom. The van der Waals surface area contributed by atoms with Crippen LogP contribution in [0.5, 0.6) is 0 Å². The van der Waals surface area contributed by atoms with Gasteiger partial charge in [0.2, 0.25) is 0 Å². The molecule has 0 atom stereocenters. The van der Waals surface area contributed by atoms with Crippen LogP contribution in [0.15, 0.2) is 0 Å². The Morgan fingerprint density at radius 3 is 2.42 bits per heavy atom. The molecule has 0 aromatic rings.